The highest BCUT2D eigenvalue weighted by Gasteiger charge is 2.35. The molecule has 1 aliphatic carbocycles. The maximum absolute atomic E-state index is 13.3. The van der Waals surface area contributed by atoms with Gasteiger partial charge in [-0.05, 0) is 50.3 Å². The van der Waals surface area contributed by atoms with E-state index in [1.165, 1.54) is 18.4 Å². The monoisotopic (exact) mass is 477 g/mol. The average molecular weight is 477 g/mol. The fraction of sp³-hybridized carbons (Fsp3) is 0.650. The van der Waals surface area contributed by atoms with Crippen LogP contribution in [0.25, 0.3) is 0 Å². The van der Waals surface area contributed by atoms with Gasteiger partial charge in [-0.1, -0.05) is 25.0 Å². The first-order valence-corrected chi connectivity index (χ1v) is 9.48. The molecule has 0 radical (unpaired) electrons. The van der Waals surface area contributed by atoms with E-state index < -0.39 is 0 Å². The van der Waals surface area contributed by atoms with Gasteiger partial charge in [0.2, 0.25) is 0 Å². The lowest BCUT2D eigenvalue weighted by molar-refractivity contribution is 0.143. The molecule has 0 aromatic heterocycles. The number of nitrogens with one attached hydrogen (secondary N) is 2. The molecule has 148 valence electrons. The van der Waals surface area contributed by atoms with E-state index in [9.17, 15) is 4.39 Å². The smallest absolute Gasteiger partial charge is 0.191 e. The Kier molecular flexibility index (Phi) is 11.1. The number of hydrogen-bond acceptors (Lipinski definition) is 2. The van der Waals surface area contributed by atoms with Gasteiger partial charge in [-0.15, -0.1) is 24.0 Å². The van der Waals surface area contributed by atoms with Crippen LogP contribution in [0, 0.1) is 5.82 Å². The van der Waals surface area contributed by atoms with E-state index in [1.807, 2.05) is 19.1 Å². The summed E-state index contributed by atoms with van der Waals surface area (Å²) in [7, 11) is 1.80. The minimum Gasteiger partial charge on any atom is -0.382 e. The van der Waals surface area contributed by atoms with Crippen LogP contribution in [0.5, 0.6) is 0 Å². The highest BCUT2D eigenvalue weighted by Crippen LogP contribution is 2.40. The van der Waals surface area contributed by atoms with Crippen LogP contribution in [0.1, 0.15) is 51.0 Å². The summed E-state index contributed by atoms with van der Waals surface area (Å²) >= 11 is 0. The third kappa shape index (κ3) is 7.02. The normalized spacial score (nSPS) is 16.2. The number of hydrogen-bond donors (Lipinski definition) is 2. The lowest BCUT2D eigenvalue weighted by atomic mass is 9.79. The minimum absolute atomic E-state index is 0. The van der Waals surface area contributed by atoms with Crippen molar-refractivity contribution >= 4 is 29.9 Å². The molecule has 6 heteroatoms. The third-order valence-corrected chi connectivity index (χ3v) is 5.05. The summed E-state index contributed by atoms with van der Waals surface area (Å²) in [4.78, 5) is 4.33. The molecule has 0 atom stereocenters. The van der Waals surface area contributed by atoms with Crippen molar-refractivity contribution in [1.82, 2.24) is 10.6 Å². The summed E-state index contributed by atoms with van der Waals surface area (Å²) in [6, 6.07) is 7.01. The Morgan fingerprint density at radius 3 is 2.46 bits per heavy atom. The summed E-state index contributed by atoms with van der Waals surface area (Å²) < 4.78 is 18.6. The highest BCUT2D eigenvalue weighted by atomic mass is 127. The Balaban J connectivity index is 0.00000338. The molecule has 0 bridgehead atoms. The van der Waals surface area contributed by atoms with E-state index in [4.69, 9.17) is 4.74 Å². The molecule has 1 saturated carbocycles. The van der Waals surface area contributed by atoms with E-state index in [-0.39, 0.29) is 35.2 Å². The van der Waals surface area contributed by atoms with Crippen LogP contribution < -0.4 is 10.6 Å². The number of aliphatic imine (C=N–C) groups is 1. The third-order valence-electron chi connectivity index (χ3n) is 5.05. The number of halogens is 2. The van der Waals surface area contributed by atoms with Gasteiger partial charge < -0.3 is 15.4 Å². The van der Waals surface area contributed by atoms with E-state index in [0.717, 1.165) is 57.9 Å². The Bertz CT molecular complexity index is 530. The van der Waals surface area contributed by atoms with E-state index in [1.54, 1.807) is 19.2 Å². The predicted octanol–water partition coefficient (Wildman–Crippen LogP) is 4.24. The molecule has 0 amide bonds. The maximum Gasteiger partial charge on any atom is 0.191 e. The highest BCUT2D eigenvalue weighted by molar-refractivity contribution is 14.0. The lowest BCUT2D eigenvalue weighted by Crippen LogP contribution is -2.45. The van der Waals surface area contributed by atoms with Crippen molar-refractivity contribution in [3.8, 4) is 0 Å². The van der Waals surface area contributed by atoms with Crippen molar-refractivity contribution in [2.75, 3.05) is 33.4 Å². The summed E-state index contributed by atoms with van der Waals surface area (Å²) in [6.07, 6.45) is 6.83. The van der Waals surface area contributed by atoms with Crippen LogP contribution in [0.2, 0.25) is 0 Å². The molecule has 0 unspecified atom stereocenters. The molecule has 0 heterocycles. The standard InChI is InChI=1S/C20H32FN3O.HI/c1-3-25-15-7-6-14-23-19(22-2)24-16-20(12-4-5-13-20)17-8-10-18(21)11-9-17;/h8-11H,3-7,12-16H2,1-2H3,(H2,22,23,24);1H. The molecule has 1 fully saturated rings. The molecule has 1 aliphatic rings. The molecule has 0 spiro atoms. The zero-order chi connectivity index (χ0) is 18.0. The molecule has 1 aromatic carbocycles. The lowest BCUT2D eigenvalue weighted by Gasteiger charge is -2.31. The van der Waals surface area contributed by atoms with Crippen molar-refractivity contribution in [3.05, 3.63) is 35.6 Å². The second-order valence-electron chi connectivity index (χ2n) is 6.75. The van der Waals surface area contributed by atoms with Crippen molar-refractivity contribution in [2.24, 2.45) is 4.99 Å². The molecule has 0 saturated heterocycles. The SMILES string of the molecule is CCOCCCCNC(=NC)NCC1(c2ccc(F)cc2)CCCC1.I. The van der Waals surface area contributed by atoms with Gasteiger partial charge in [0, 0.05) is 38.8 Å². The van der Waals surface area contributed by atoms with E-state index in [2.05, 4.69) is 15.6 Å². The van der Waals surface area contributed by atoms with Gasteiger partial charge in [0.15, 0.2) is 5.96 Å². The van der Waals surface area contributed by atoms with E-state index >= 15 is 0 Å². The molecule has 1 aromatic rings. The Morgan fingerprint density at radius 2 is 1.85 bits per heavy atom. The first-order valence-electron chi connectivity index (χ1n) is 9.48. The van der Waals surface area contributed by atoms with Crippen molar-refractivity contribution in [2.45, 2.75) is 50.9 Å². The second kappa shape index (κ2) is 12.5. The van der Waals surface area contributed by atoms with Gasteiger partial charge >= 0.3 is 0 Å². The van der Waals surface area contributed by atoms with Gasteiger partial charge in [-0.25, -0.2) is 4.39 Å². The number of rotatable bonds is 9. The first-order chi connectivity index (χ1) is 12.2. The molecule has 26 heavy (non-hydrogen) atoms. The Morgan fingerprint density at radius 1 is 1.15 bits per heavy atom. The second-order valence-corrected chi connectivity index (χ2v) is 6.75. The number of ether oxygens (including phenoxy) is 1. The van der Waals surface area contributed by atoms with Crippen LogP contribution in [0.4, 0.5) is 4.39 Å². The van der Waals surface area contributed by atoms with Crippen LogP contribution in [0.15, 0.2) is 29.3 Å². The molecule has 0 aliphatic heterocycles. The molecule has 2 N–H and O–H groups in total. The van der Waals surface area contributed by atoms with Gasteiger partial charge in [-0.3, -0.25) is 4.99 Å². The molecule has 2 rings (SSSR count). The van der Waals surface area contributed by atoms with Gasteiger partial charge in [0.05, 0.1) is 0 Å². The summed E-state index contributed by atoms with van der Waals surface area (Å²) in [5.74, 6) is 0.666. The topological polar surface area (TPSA) is 45.6 Å². The maximum atomic E-state index is 13.3. The fourth-order valence-electron chi connectivity index (χ4n) is 3.58. The first kappa shape index (κ1) is 23.1. The van der Waals surface area contributed by atoms with Crippen LogP contribution >= 0.6 is 24.0 Å². The number of unbranched alkanes of at least 4 members (excludes halogenated alkanes) is 1. The molecule has 4 nitrogen and oxygen atoms in total. The zero-order valence-electron chi connectivity index (χ0n) is 16.0. The average Bonchev–Trinajstić information content (AvgIpc) is 3.11. The molecular formula is C20H33FIN3O. The minimum atomic E-state index is -0.172. The summed E-state index contributed by atoms with van der Waals surface area (Å²) in [5, 5.41) is 6.85. The zero-order valence-corrected chi connectivity index (χ0v) is 18.4. The predicted molar refractivity (Wildman–Crippen MR) is 117 cm³/mol. The number of benzene rings is 1. The van der Waals surface area contributed by atoms with Crippen LogP contribution in [-0.4, -0.2) is 39.3 Å². The molecular weight excluding hydrogens is 444 g/mol. The van der Waals surface area contributed by atoms with Crippen molar-refractivity contribution < 1.29 is 9.13 Å². The quantitative estimate of drug-likeness (QED) is 0.242. The summed E-state index contributed by atoms with van der Waals surface area (Å²) in [6.45, 7) is 5.33. The van der Waals surface area contributed by atoms with Crippen molar-refractivity contribution in [1.29, 1.82) is 0 Å². The Labute approximate surface area is 174 Å². The van der Waals surface area contributed by atoms with Gasteiger partial charge in [0.25, 0.3) is 0 Å². The summed E-state index contributed by atoms with van der Waals surface area (Å²) in [5.41, 5.74) is 1.31. The van der Waals surface area contributed by atoms with Crippen LogP contribution in [0.3, 0.4) is 0 Å². The van der Waals surface area contributed by atoms with Crippen LogP contribution in [-0.2, 0) is 10.2 Å². The van der Waals surface area contributed by atoms with E-state index in [0.29, 0.717) is 0 Å². The Hall–Kier alpha value is -0.890. The fourth-order valence-corrected chi connectivity index (χ4v) is 3.58. The largest absolute Gasteiger partial charge is 0.382 e. The van der Waals surface area contributed by atoms with Gasteiger partial charge in [-0.2, -0.15) is 0 Å². The van der Waals surface area contributed by atoms with Crippen molar-refractivity contribution in [3.63, 3.8) is 0 Å². The number of guanidine groups is 1. The number of nitrogens with zero attached hydrogens (tertiary/aromatic N) is 1. The van der Waals surface area contributed by atoms with Gasteiger partial charge in [0.1, 0.15) is 5.82 Å².